The van der Waals surface area contributed by atoms with Crippen molar-refractivity contribution in [3.63, 3.8) is 0 Å². The number of rotatable bonds is 5. The number of para-hydroxylation sites is 2. The molecule has 9 heteroatoms. The van der Waals surface area contributed by atoms with Crippen molar-refractivity contribution in [2.24, 2.45) is 0 Å². The van der Waals surface area contributed by atoms with E-state index in [4.69, 9.17) is 4.74 Å². The predicted molar refractivity (Wildman–Crippen MR) is 142 cm³/mol. The van der Waals surface area contributed by atoms with Gasteiger partial charge in [-0.25, -0.2) is 0 Å². The van der Waals surface area contributed by atoms with Crippen LogP contribution in [0.3, 0.4) is 0 Å². The Balaban J connectivity index is 1.39. The average molecular weight is 502 g/mol. The Bertz CT molecular complexity index is 1430. The van der Waals surface area contributed by atoms with E-state index < -0.39 is 0 Å². The number of fused-ring (bicyclic) bond motifs is 2. The number of carbonyl (C=O) groups is 2. The molecule has 1 N–H and O–H groups in total. The predicted octanol–water partition coefficient (Wildman–Crippen LogP) is 2.59. The number of hydrogen-bond donors (Lipinski definition) is 1. The average Bonchev–Trinajstić information content (AvgIpc) is 3.43. The Hall–Kier alpha value is -3.85. The first-order valence-corrected chi connectivity index (χ1v) is 13.0. The van der Waals surface area contributed by atoms with Crippen molar-refractivity contribution in [3.05, 3.63) is 58.4 Å². The topological polar surface area (TPSA) is 87.1 Å². The minimum Gasteiger partial charge on any atom is -0.451 e. The Morgan fingerprint density at radius 3 is 2.46 bits per heavy atom. The zero-order valence-corrected chi connectivity index (χ0v) is 21.0. The van der Waals surface area contributed by atoms with Gasteiger partial charge in [0.2, 0.25) is 11.3 Å². The lowest BCUT2D eigenvalue weighted by Crippen LogP contribution is -2.48. The van der Waals surface area contributed by atoms with Gasteiger partial charge < -0.3 is 29.3 Å². The van der Waals surface area contributed by atoms with Gasteiger partial charge in [-0.05, 0) is 50.2 Å². The largest absolute Gasteiger partial charge is 0.451 e. The lowest BCUT2D eigenvalue weighted by Gasteiger charge is -2.37. The molecule has 2 fully saturated rings. The van der Waals surface area contributed by atoms with Gasteiger partial charge in [0.25, 0.3) is 5.91 Å². The van der Waals surface area contributed by atoms with Crippen LogP contribution in [-0.4, -0.2) is 78.5 Å². The Labute approximate surface area is 215 Å². The maximum Gasteiger partial charge on any atom is 0.256 e. The van der Waals surface area contributed by atoms with Gasteiger partial charge in [0.05, 0.1) is 16.8 Å². The van der Waals surface area contributed by atoms with Crippen molar-refractivity contribution in [1.29, 1.82) is 0 Å². The van der Waals surface area contributed by atoms with Crippen LogP contribution in [0, 0.1) is 0 Å². The second-order valence-electron chi connectivity index (χ2n) is 9.92. The highest BCUT2D eigenvalue weighted by molar-refractivity contribution is 6.01. The van der Waals surface area contributed by atoms with Crippen molar-refractivity contribution in [3.8, 4) is 17.2 Å². The van der Waals surface area contributed by atoms with Gasteiger partial charge >= 0.3 is 0 Å². The highest BCUT2D eigenvalue weighted by Crippen LogP contribution is 2.45. The van der Waals surface area contributed by atoms with E-state index in [0.717, 1.165) is 31.0 Å². The van der Waals surface area contributed by atoms with Crippen LogP contribution < -0.4 is 20.4 Å². The molecule has 4 heterocycles. The van der Waals surface area contributed by atoms with Crippen LogP contribution >= 0.6 is 0 Å². The van der Waals surface area contributed by atoms with Crippen LogP contribution in [-0.2, 0) is 4.79 Å². The summed E-state index contributed by atoms with van der Waals surface area (Å²) in [6.07, 6.45) is 4.04. The molecule has 2 saturated heterocycles. The van der Waals surface area contributed by atoms with Crippen LogP contribution in [0.25, 0.3) is 16.6 Å². The third kappa shape index (κ3) is 4.23. The zero-order valence-electron chi connectivity index (χ0n) is 21.0. The third-order valence-electron chi connectivity index (χ3n) is 7.66. The maximum absolute atomic E-state index is 13.6. The van der Waals surface area contributed by atoms with Crippen LogP contribution in [0.2, 0.25) is 0 Å². The van der Waals surface area contributed by atoms with E-state index in [2.05, 4.69) is 15.1 Å². The summed E-state index contributed by atoms with van der Waals surface area (Å²) in [5.41, 5.74) is 2.14. The van der Waals surface area contributed by atoms with E-state index in [0.29, 0.717) is 55.1 Å². The number of nitrogens with one attached hydrogen (secondary N) is 1. The fraction of sp³-hybridized carbons (Fsp3) is 0.393. The molecule has 37 heavy (non-hydrogen) atoms. The normalized spacial score (nSPS) is 17.0. The van der Waals surface area contributed by atoms with Gasteiger partial charge in [0.1, 0.15) is 11.1 Å². The summed E-state index contributed by atoms with van der Waals surface area (Å²) in [5.74, 6) is 0.982. The minimum atomic E-state index is -0.357. The second-order valence-corrected chi connectivity index (χ2v) is 9.92. The number of hydrogen-bond acceptors (Lipinski definition) is 6. The number of pyridine rings is 1. The van der Waals surface area contributed by atoms with E-state index in [1.807, 2.05) is 39.8 Å². The number of anilines is 1. The molecule has 0 saturated carbocycles. The molecule has 6 rings (SSSR count). The molecule has 192 valence electrons. The molecule has 3 aromatic rings. The smallest absolute Gasteiger partial charge is 0.256 e. The summed E-state index contributed by atoms with van der Waals surface area (Å²) in [6, 6.07) is 11.3. The first-order chi connectivity index (χ1) is 18.0. The Kier molecular flexibility index (Phi) is 6.08. The molecule has 2 aromatic carbocycles. The monoisotopic (exact) mass is 501 g/mol. The standard InChI is InChI=1S/C28H31N5O4/c1-19(34)31-14-16-32(17-15-31)23-9-8-20-25-27(23)37-24-7-3-2-6-22(24)33(25)18-21(26(20)35)28(36)29-10-13-30-11-4-5-12-30/h2-3,6-9,18H,4-5,10-17H2,1H3,(H,29,36). The van der Waals surface area contributed by atoms with Crippen molar-refractivity contribution < 1.29 is 14.3 Å². The number of benzene rings is 2. The summed E-state index contributed by atoms with van der Waals surface area (Å²) in [5, 5.41) is 3.40. The number of amides is 2. The van der Waals surface area contributed by atoms with Gasteiger partial charge in [-0.2, -0.15) is 0 Å². The molecule has 3 aliphatic heterocycles. The molecular weight excluding hydrogens is 470 g/mol. The molecule has 0 radical (unpaired) electrons. The highest BCUT2D eigenvalue weighted by atomic mass is 16.5. The number of nitrogens with zero attached hydrogens (tertiary/aromatic N) is 4. The summed E-state index contributed by atoms with van der Waals surface area (Å²) < 4.78 is 8.31. The van der Waals surface area contributed by atoms with E-state index in [9.17, 15) is 14.4 Å². The molecular formula is C28H31N5O4. The molecule has 3 aliphatic rings. The van der Waals surface area contributed by atoms with Crippen molar-refractivity contribution >= 4 is 28.4 Å². The third-order valence-corrected chi connectivity index (χ3v) is 7.66. The zero-order chi connectivity index (χ0) is 25.5. The van der Waals surface area contributed by atoms with Gasteiger partial charge in [-0.1, -0.05) is 12.1 Å². The lowest BCUT2D eigenvalue weighted by molar-refractivity contribution is -0.129. The van der Waals surface area contributed by atoms with Crippen molar-refractivity contribution in [2.75, 3.05) is 57.3 Å². The molecule has 2 amide bonds. The highest BCUT2D eigenvalue weighted by Gasteiger charge is 2.29. The molecule has 1 aromatic heterocycles. The second kappa shape index (κ2) is 9.55. The van der Waals surface area contributed by atoms with E-state index in [1.54, 1.807) is 19.2 Å². The molecule has 0 unspecified atom stereocenters. The molecule has 0 bridgehead atoms. The van der Waals surface area contributed by atoms with Gasteiger partial charge in [-0.3, -0.25) is 14.4 Å². The fourth-order valence-corrected chi connectivity index (χ4v) is 5.63. The summed E-state index contributed by atoms with van der Waals surface area (Å²) >= 11 is 0. The number of ether oxygens (including phenoxy) is 1. The summed E-state index contributed by atoms with van der Waals surface area (Å²) in [6.45, 7) is 7.61. The Morgan fingerprint density at radius 1 is 0.946 bits per heavy atom. The van der Waals surface area contributed by atoms with E-state index >= 15 is 0 Å². The summed E-state index contributed by atoms with van der Waals surface area (Å²) in [7, 11) is 0. The molecule has 0 atom stereocenters. The molecule has 0 aliphatic carbocycles. The number of piperazine rings is 1. The number of aromatic nitrogens is 1. The van der Waals surface area contributed by atoms with Crippen LogP contribution in [0.1, 0.15) is 30.1 Å². The number of likely N-dealkylation sites (tertiary alicyclic amines) is 1. The molecule has 0 spiro atoms. The first-order valence-electron chi connectivity index (χ1n) is 13.0. The van der Waals surface area contributed by atoms with Gasteiger partial charge in [-0.15, -0.1) is 0 Å². The number of carbonyl (C=O) groups excluding carboxylic acids is 2. The summed E-state index contributed by atoms with van der Waals surface area (Å²) in [4.78, 5) is 44.9. The van der Waals surface area contributed by atoms with Crippen molar-refractivity contribution in [2.45, 2.75) is 19.8 Å². The fourth-order valence-electron chi connectivity index (χ4n) is 5.63. The van der Waals surface area contributed by atoms with Crippen LogP contribution in [0.15, 0.2) is 47.4 Å². The van der Waals surface area contributed by atoms with Crippen LogP contribution in [0.5, 0.6) is 11.5 Å². The van der Waals surface area contributed by atoms with Gasteiger partial charge in [0.15, 0.2) is 11.5 Å². The first kappa shape index (κ1) is 23.5. The lowest BCUT2D eigenvalue weighted by atomic mass is 10.1. The van der Waals surface area contributed by atoms with Gasteiger partial charge in [0, 0.05) is 52.4 Å². The van der Waals surface area contributed by atoms with Crippen LogP contribution in [0.4, 0.5) is 5.69 Å². The maximum atomic E-state index is 13.6. The SMILES string of the molecule is CC(=O)N1CCN(c2ccc3c(=O)c(C(=O)NCCN4CCCC4)cn4c3c2Oc2ccccc2-4)CC1. The van der Waals surface area contributed by atoms with E-state index in [-0.39, 0.29) is 22.8 Å². The van der Waals surface area contributed by atoms with Crippen molar-refractivity contribution in [1.82, 2.24) is 19.7 Å². The minimum absolute atomic E-state index is 0.0738. The van der Waals surface area contributed by atoms with E-state index in [1.165, 1.54) is 12.8 Å². The molecule has 9 nitrogen and oxygen atoms in total. The Morgan fingerprint density at radius 2 is 1.70 bits per heavy atom. The quantitative estimate of drug-likeness (QED) is 0.453.